The van der Waals surface area contributed by atoms with Crippen LogP contribution in [0.3, 0.4) is 0 Å². The SMILES string of the molecule is C1=CCC(/C=N/n2c(C3CC3)nnc2C2CC2)CC1. The van der Waals surface area contributed by atoms with Crippen molar-refractivity contribution in [2.24, 2.45) is 11.0 Å². The van der Waals surface area contributed by atoms with Crippen molar-refractivity contribution >= 4 is 6.21 Å². The molecule has 4 heteroatoms. The quantitative estimate of drug-likeness (QED) is 0.613. The lowest BCUT2D eigenvalue weighted by atomic mass is 9.96. The number of hydrogen-bond acceptors (Lipinski definition) is 3. The number of hydrogen-bond donors (Lipinski definition) is 0. The molecule has 3 aliphatic rings. The predicted octanol–water partition coefficient (Wildman–Crippen LogP) is 3.22. The summed E-state index contributed by atoms with van der Waals surface area (Å²) in [5.41, 5.74) is 0. The highest BCUT2D eigenvalue weighted by molar-refractivity contribution is 5.61. The maximum Gasteiger partial charge on any atom is 0.157 e. The van der Waals surface area contributed by atoms with Crippen LogP contribution in [0.4, 0.5) is 0 Å². The molecule has 0 spiro atoms. The first-order valence-corrected chi connectivity index (χ1v) is 7.56. The highest BCUT2D eigenvalue weighted by atomic mass is 15.5. The minimum atomic E-state index is 0.589. The molecular formula is C15H20N4. The van der Waals surface area contributed by atoms with Gasteiger partial charge in [0.25, 0.3) is 0 Å². The molecule has 0 bridgehead atoms. The Balaban J connectivity index is 1.59. The average molecular weight is 256 g/mol. The van der Waals surface area contributed by atoms with Gasteiger partial charge in [-0.05, 0) is 50.9 Å². The van der Waals surface area contributed by atoms with Crippen molar-refractivity contribution in [1.82, 2.24) is 14.9 Å². The Bertz CT molecular complexity index is 491. The molecular weight excluding hydrogens is 236 g/mol. The molecule has 4 nitrogen and oxygen atoms in total. The van der Waals surface area contributed by atoms with Crippen molar-refractivity contribution in [3.05, 3.63) is 23.8 Å². The smallest absolute Gasteiger partial charge is 0.157 e. The summed E-state index contributed by atoms with van der Waals surface area (Å²) >= 11 is 0. The van der Waals surface area contributed by atoms with Gasteiger partial charge >= 0.3 is 0 Å². The molecule has 0 saturated heterocycles. The van der Waals surface area contributed by atoms with Gasteiger partial charge in [0.15, 0.2) is 11.6 Å². The molecule has 1 heterocycles. The van der Waals surface area contributed by atoms with E-state index in [9.17, 15) is 0 Å². The summed E-state index contributed by atoms with van der Waals surface area (Å²) < 4.78 is 2.06. The van der Waals surface area contributed by atoms with E-state index in [-0.39, 0.29) is 0 Å². The molecule has 1 aromatic rings. The van der Waals surface area contributed by atoms with Crippen LogP contribution in [-0.2, 0) is 0 Å². The number of allylic oxidation sites excluding steroid dienone is 2. The van der Waals surface area contributed by atoms with E-state index in [0.29, 0.717) is 17.8 Å². The Kier molecular flexibility index (Phi) is 2.75. The Hall–Kier alpha value is -1.45. The fraction of sp³-hybridized carbons (Fsp3) is 0.667. The molecule has 0 radical (unpaired) electrons. The number of nitrogens with zero attached hydrogens (tertiary/aromatic N) is 4. The third-order valence-corrected chi connectivity index (χ3v) is 4.28. The van der Waals surface area contributed by atoms with E-state index in [1.54, 1.807) is 0 Å². The van der Waals surface area contributed by atoms with E-state index in [2.05, 4.69) is 33.2 Å². The van der Waals surface area contributed by atoms with E-state index in [1.165, 1.54) is 38.5 Å². The van der Waals surface area contributed by atoms with E-state index in [0.717, 1.165) is 18.1 Å². The third-order valence-electron chi connectivity index (χ3n) is 4.28. The van der Waals surface area contributed by atoms with E-state index in [4.69, 9.17) is 5.10 Å². The molecule has 19 heavy (non-hydrogen) atoms. The first-order valence-electron chi connectivity index (χ1n) is 7.56. The minimum Gasteiger partial charge on any atom is -0.201 e. The lowest BCUT2D eigenvalue weighted by Crippen LogP contribution is -2.07. The van der Waals surface area contributed by atoms with Crippen LogP contribution in [0, 0.1) is 5.92 Å². The summed E-state index contributed by atoms with van der Waals surface area (Å²) in [5, 5.41) is 13.5. The van der Waals surface area contributed by atoms with Gasteiger partial charge in [0.05, 0.1) is 0 Å². The van der Waals surface area contributed by atoms with Gasteiger partial charge in [-0.15, -0.1) is 10.2 Å². The fourth-order valence-electron chi connectivity index (χ4n) is 2.73. The number of rotatable bonds is 4. The van der Waals surface area contributed by atoms with Crippen LogP contribution in [0.25, 0.3) is 0 Å². The van der Waals surface area contributed by atoms with E-state index >= 15 is 0 Å². The highest BCUT2D eigenvalue weighted by Gasteiger charge is 2.35. The molecule has 0 amide bonds. The Labute approximate surface area is 113 Å². The Morgan fingerprint density at radius 1 is 1.00 bits per heavy atom. The zero-order valence-electron chi connectivity index (χ0n) is 11.2. The average Bonchev–Trinajstić information content (AvgIpc) is 3.36. The van der Waals surface area contributed by atoms with Crippen LogP contribution in [0.1, 0.15) is 68.4 Å². The predicted molar refractivity (Wildman–Crippen MR) is 74.3 cm³/mol. The molecule has 0 aliphatic heterocycles. The molecule has 0 aromatic carbocycles. The van der Waals surface area contributed by atoms with Crippen molar-refractivity contribution in [3.63, 3.8) is 0 Å². The normalized spacial score (nSPS) is 27.3. The van der Waals surface area contributed by atoms with Gasteiger partial charge in [0, 0.05) is 18.1 Å². The summed E-state index contributed by atoms with van der Waals surface area (Å²) in [7, 11) is 0. The summed E-state index contributed by atoms with van der Waals surface area (Å²) in [6.45, 7) is 0. The van der Waals surface area contributed by atoms with E-state index in [1.807, 2.05) is 0 Å². The van der Waals surface area contributed by atoms with Crippen molar-refractivity contribution in [3.8, 4) is 0 Å². The van der Waals surface area contributed by atoms with Crippen molar-refractivity contribution < 1.29 is 0 Å². The topological polar surface area (TPSA) is 43.1 Å². The zero-order chi connectivity index (χ0) is 12.7. The lowest BCUT2D eigenvalue weighted by Gasteiger charge is -2.12. The van der Waals surface area contributed by atoms with Gasteiger partial charge in [0.1, 0.15) is 0 Å². The first kappa shape index (κ1) is 11.4. The van der Waals surface area contributed by atoms with Gasteiger partial charge in [0.2, 0.25) is 0 Å². The molecule has 1 unspecified atom stereocenters. The highest BCUT2D eigenvalue weighted by Crippen LogP contribution is 2.43. The van der Waals surface area contributed by atoms with Crippen LogP contribution in [-0.4, -0.2) is 21.1 Å². The Morgan fingerprint density at radius 2 is 1.68 bits per heavy atom. The minimum absolute atomic E-state index is 0.589. The van der Waals surface area contributed by atoms with Crippen LogP contribution in [0.15, 0.2) is 17.3 Å². The molecule has 3 aliphatic carbocycles. The van der Waals surface area contributed by atoms with E-state index < -0.39 is 0 Å². The Morgan fingerprint density at radius 3 is 2.21 bits per heavy atom. The van der Waals surface area contributed by atoms with Crippen LogP contribution < -0.4 is 0 Å². The monoisotopic (exact) mass is 256 g/mol. The van der Waals surface area contributed by atoms with Crippen LogP contribution in [0.2, 0.25) is 0 Å². The second-order valence-electron chi connectivity index (χ2n) is 6.09. The van der Waals surface area contributed by atoms with Gasteiger partial charge < -0.3 is 0 Å². The summed E-state index contributed by atoms with van der Waals surface area (Å²) in [5.74, 6) is 4.02. The first-order chi connectivity index (χ1) is 9.42. The summed E-state index contributed by atoms with van der Waals surface area (Å²) in [6.07, 6.45) is 15.2. The van der Waals surface area contributed by atoms with Crippen molar-refractivity contribution in [2.45, 2.75) is 56.8 Å². The zero-order valence-corrected chi connectivity index (χ0v) is 11.2. The second-order valence-corrected chi connectivity index (χ2v) is 6.09. The molecule has 4 rings (SSSR count). The summed E-state index contributed by atoms with van der Waals surface area (Å²) in [4.78, 5) is 0. The van der Waals surface area contributed by atoms with Crippen molar-refractivity contribution in [1.29, 1.82) is 0 Å². The van der Waals surface area contributed by atoms with Gasteiger partial charge in [-0.1, -0.05) is 12.2 Å². The lowest BCUT2D eigenvalue weighted by molar-refractivity contribution is 0.617. The molecule has 1 atom stereocenters. The summed E-state index contributed by atoms with van der Waals surface area (Å²) in [6, 6.07) is 0. The second kappa shape index (κ2) is 4.58. The molecule has 0 N–H and O–H groups in total. The third kappa shape index (κ3) is 2.36. The molecule has 1 aromatic heterocycles. The maximum atomic E-state index is 4.75. The maximum absolute atomic E-state index is 4.75. The van der Waals surface area contributed by atoms with Crippen LogP contribution >= 0.6 is 0 Å². The van der Waals surface area contributed by atoms with Crippen LogP contribution in [0.5, 0.6) is 0 Å². The van der Waals surface area contributed by atoms with Crippen molar-refractivity contribution in [2.75, 3.05) is 0 Å². The van der Waals surface area contributed by atoms with Gasteiger partial charge in [-0.2, -0.15) is 5.10 Å². The van der Waals surface area contributed by atoms with Gasteiger partial charge in [-0.3, -0.25) is 0 Å². The molecule has 100 valence electrons. The fourth-order valence-corrected chi connectivity index (χ4v) is 2.73. The number of aromatic nitrogens is 3. The molecule has 2 fully saturated rings. The molecule has 2 saturated carbocycles. The van der Waals surface area contributed by atoms with Gasteiger partial charge in [-0.25, -0.2) is 4.68 Å². The largest absolute Gasteiger partial charge is 0.201 e. The standard InChI is InChI=1S/C15H20N4/c1-2-4-11(5-3-1)10-16-19-14(12-6-7-12)17-18-15(19)13-8-9-13/h1-2,10-13H,3-9H2/b16-10+.